The molecule has 0 spiro atoms. The summed E-state index contributed by atoms with van der Waals surface area (Å²) in [4.78, 5) is 24.0. The number of carbonyl (C=O) groups excluding carboxylic acids is 2. The second-order valence-corrected chi connectivity index (χ2v) is 15.3. The first-order valence-electron chi connectivity index (χ1n) is 21.4. The van der Waals surface area contributed by atoms with E-state index in [1.54, 1.807) is 0 Å². The van der Waals surface area contributed by atoms with Crippen molar-refractivity contribution in [2.24, 2.45) is 5.92 Å². The monoisotopic (exact) mass is 681 g/mol. The lowest BCUT2D eigenvalue weighted by molar-refractivity contribution is -0.152. The third kappa shape index (κ3) is 39.3. The van der Waals surface area contributed by atoms with Crippen molar-refractivity contribution in [1.82, 2.24) is 0 Å². The van der Waals surface area contributed by atoms with Crippen LogP contribution < -0.4 is 0 Å². The molecule has 5 nitrogen and oxygen atoms in total. The van der Waals surface area contributed by atoms with E-state index in [1.165, 1.54) is 180 Å². The van der Waals surface area contributed by atoms with Crippen LogP contribution in [0.25, 0.3) is 0 Å². The molecule has 286 valence electrons. The van der Waals surface area contributed by atoms with Gasteiger partial charge in [0.1, 0.15) is 19.3 Å². The van der Waals surface area contributed by atoms with Gasteiger partial charge in [-0.1, -0.05) is 213 Å². The Balaban J connectivity index is 3.36. The maximum Gasteiger partial charge on any atom is 0.305 e. The van der Waals surface area contributed by atoms with Gasteiger partial charge < -0.3 is 14.6 Å². The van der Waals surface area contributed by atoms with Gasteiger partial charge in [0.25, 0.3) is 0 Å². The summed E-state index contributed by atoms with van der Waals surface area (Å²) >= 11 is 0. The summed E-state index contributed by atoms with van der Waals surface area (Å²) in [6.07, 6.45) is 41.7. The summed E-state index contributed by atoms with van der Waals surface area (Å²) < 4.78 is 10.4. The number of unbranched alkanes of at least 4 members (excludes halogenated alkanes) is 29. The molecule has 0 fully saturated rings. The molecular formula is C43H84O5. The molecule has 0 saturated carbocycles. The van der Waals surface area contributed by atoms with Gasteiger partial charge in [0, 0.05) is 12.8 Å². The fourth-order valence-corrected chi connectivity index (χ4v) is 6.51. The van der Waals surface area contributed by atoms with Gasteiger partial charge in [-0.25, -0.2) is 0 Å². The molecule has 1 N–H and O–H groups in total. The normalized spacial score (nSPS) is 12.1. The Morgan fingerprint density at radius 3 is 0.938 bits per heavy atom. The number of esters is 2. The maximum absolute atomic E-state index is 12.0. The summed E-state index contributed by atoms with van der Waals surface area (Å²) in [6.45, 7) is 6.68. The molecule has 0 bridgehead atoms. The van der Waals surface area contributed by atoms with Crippen molar-refractivity contribution in [2.45, 2.75) is 245 Å². The molecule has 1 atom stereocenters. The summed E-state index contributed by atoms with van der Waals surface area (Å²) in [5.74, 6) is 0.293. The first-order valence-corrected chi connectivity index (χ1v) is 21.4. The van der Waals surface area contributed by atoms with Gasteiger partial charge in [-0.05, 0) is 18.8 Å². The van der Waals surface area contributed by atoms with E-state index in [1.807, 2.05) is 0 Å². The van der Waals surface area contributed by atoms with Crippen LogP contribution in [0.2, 0.25) is 0 Å². The van der Waals surface area contributed by atoms with Crippen LogP contribution in [0.4, 0.5) is 0 Å². The highest BCUT2D eigenvalue weighted by atomic mass is 16.6. The molecule has 0 aliphatic rings. The first kappa shape index (κ1) is 46.9. The lowest BCUT2D eigenvalue weighted by atomic mass is 10.0. The van der Waals surface area contributed by atoms with Gasteiger partial charge >= 0.3 is 11.9 Å². The van der Waals surface area contributed by atoms with E-state index >= 15 is 0 Å². The molecule has 0 unspecified atom stereocenters. The minimum atomic E-state index is -0.956. The van der Waals surface area contributed by atoms with Crippen molar-refractivity contribution in [3.05, 3.63) is 0 Å². The molecule has 0 amide bonds. The average molecular weight is 681 g/mol. The highest BCUT2D eigenvalue weighted by Gasteiger charge is 2.12. The summed E-state index contributed by atoms with van der Waals surface area (Å²) in [5, 5.41) is 10.0. The minimum absolute atomic E-state index is 0.108. The van der Waals surface area contributed by atoms with Crippen molar-refractivity contribution >= 4 is 11.9 Å². The Labute approximate surface area is 299 Å². The molecule has 0 saturated heterocycles. The minimum Gasteiger partial charge on any atom is -0.463 e. The molecule has 0 aromatic carbocycles. The van der Waals surface area contributed by atoms with Gasteiger partial charge in [-0.15, -0.1) is 0 Å². The lowest BCUT2D eigenvalue weighted by Gasteiger charge is -2.12. The average Bonchev–Trinajstić information content (AvgIpc) is 3.07. The molecule has 5 heteroatoms. The zero-order chi connectivity index (χ0) is 35.2. The highest BCUT2D eigenvalue weighted by molar-refractivity contribution is 5.69. The van der Waals surface area contributed by atoms with E-state index in [0.29, 0.717) is 12.8 Å². The quantitative estimate of drug-likeness (QED) is 0.0517. The van der Waals surface area contributed by atoms with Crippen LogP contribution in [0, 0.1) is 5.92 Å². The zero-order valence-corrected chi connectivity index (χ0v) is 32.7. The molecule has 0 aliphatic heterocycles. The van der Waals surface area contributed by atoms with Crippen LogP contribution in [-0.2, 0) is 19.1 Å². The zero-order valence-electron chi connectivity index (χ0n) is 32.7. The SMILES string of the molecule is CCCCCCCCCCCCCCCCCCCCCC(=O)OC[C@@H](O)COC(=O)CCCCCCCCCCCCCCC(C)C. The maximum atomic E-state index is 12.0. The van der Waals surface area contributed by atoms with E-state index < -0.39 is 6.10 Å². The highest BCUT2D eigenvalue weighted by Crippen LogP contribution is 2.16. The predicted octanol–water partition coefficient (Wildman–Crippen LogP) is 13.4. The van der Waals surface area contributed by atoms with Crippen LogP contribution in [0.3, 0.4) is 0 Å². The predicted molar refractivity (Wildman–Crippen MR) is 205 cm³/mol. The van der Waals surface area contributed by atoms with Gasteiger partial charge in [-0.2, -0.15) is 0 Å². The third-order valence-corrected chi connectivity index (χ3v) is 9.77. The molecule has 0 aliphatic carbocycles. The summed E-state index contributed by atoms with van der Waals surface area (Å²) in [6, 6.07) is 0. The van der Waals surface area contributed by atoms with Gasteiger partial charge in [0.05, 0.1) is 0 Å². The Bertz CT molecular complexity index is 664. The number of aliphatic hydroxyl groups excluding tert-OH is 1. The number of hydrogen-bond acceptors (Lipinski definition) is 5. The fraction of sp³-hybridized carbons (Fsp3) is 0.953. The Morgan fingerprint density at radius 1 is 0.417 bits per heavy atom. The molecule has 0 aromatic heterocycles. The number of ether oxygens (including phenoxy) is 2. The van der Waals surface area contributed by atoms with E-state index in [9.17, 15) is 14.7 Å². The smallest absolute Gasteiger partial charge is 0.305 e. The second-order valence-electron chi connectivity index (χ2n) is 15.3. The molecular weight excluding hydrogens is 596 g/mol. The number of aliphatic hydroxyl groups is 1. The lowest BCUT2D eigenvalue weighted by Crippen LogP contribution is -2.25. The molecule has 0 heterocycles. The van der Waals surface area contributed by atoms with E-state index in [4.69, 9.17) is 9.47 Å². The molecule has 0 rings (SSSR count). The second kappa shape index (κ2) is 38.7. The van der Waals surface area contributed by atoms with Crippen molar-refractivity contribution in [2.75, 3.05) is 13.2 Å². The standard InChI is InChI=1S/C43H84O5/c1-4-5-6-7-8-9-10-11-12-13-14-15-16-17-21-24-27-30-33-36-42(45)47-38-41(44)39-48-43(46)37-34-31-28-25-22-19-18-20-23-26-29-32-35-40(2)3/h40-41,44H,4-39H2,1-3H3/t41-/m1/s1. The Hall–Kier alpha value is -1.10. The van der Waals surface area contributed by atoms with Gasteiger partial charge in [0.2, 0.25) is 0 Å². The number of carbonyl (C=O) groups is 2. The van der Waals surface area contributed by atoms with Crippen LogP contribution >= 0.6 is 0 Å². The van der Waals surface area contributed by atoms with Crippen LogP contribution in [0.1, 0.15) is 239 Å². The van der Waals surface area contributed by atoms with E-state index in [0.717, 1.165) is 31.6 Å². The van der Waals surface area contributed by atoms with Crippen LogP contribution in [0.5, 0.6) is 0 Å². The topological polar surface area (TPSA) is 72.8 Å². The van der Waals surface area contributed by atoms with Crippen LogP contribution in [-0.4, -0.2) is 36.4 Å². The third-order valence-electron chi connectivity index (χ3n) is 9.77. The fourth-order valence-electron chi connectivity index (χ4n) is 6.51. The van der Waals surface area contributed by atoms with Gasteiger partial charge in [0.15, 0.2) is 0 Å². The summed E-state index contributed by atoms with van der Waals surface area (Å²) in [5.41, 5.74) is 0. The Morgan fingerprint density at radius 2 is 0.667 bits per heavy atom. The molecule has 48 heavy (non-hydrogen) atoms. The van der Waals surface area contributed by atoms with E-state index in [2.05, 4.69) is 20.8 Å². The Kier molecular flexibility index (Phi) is 37.8. The van der Waals surface area contributed by atoms with E-state index in [-0.39, 0.29) is 25.2 Å². The van der Waals surface area contributed by atoms with Crippen molar-refractivity contribution in [3.63, 3.8) is 0 Å². The first-order chi connectivity index (χ1) is 23.5. The largest absolute Gasteiger partial charge is 0.463 e. The van der Waals surface area contributed by atoms with Crippen molar-refractivity contribution < 1.29 is 24.2 Å². The number of hydrogen-bond donors (Lipinski definition) is 1. The molecule has 0 aromatic rings. The van der Waals surface area contributed by atoms with Crippen molar-refractivity contribution in [1.29, 1.82) is 0 Å². The number of rotatable bonds is 39. The van der Waals surface area contributed by atoms with Crippen LogP contribution in [0.15, 0.2) is 0 Å². The molecule has 0 radical (unpaired) electrons. The van der Waals surface area contributed by atoms with Crippen molar-refractivity contribution in [3.8, 4) is 0 Å². The summed E-state index contributed by atoms with van der Waals surface area (Å²) in [7, 11) is 0. The van der Waals surface area contributed by atoms with Gasteiger partial charge in [-0.3, -0.25) is 9.59 Å².